The fourth-order valence-electron chi connectivity index (χ4n) is 2.05. The van der Waals surface area contributed by atoms with Crippen LogP contribution in [-0.2, 0) is 9.59 Å². The van der Waals surface area contributed by atoms with E-state index in [9.17, 15) is 14.0 Å². The third-order valence-electron chi connectivity index (χ3n) is 3.42. The first-order valence-corrected chi connectivity index (χ1v) is 5.71. The molecule has 0 aromatic heterocycles. The lowest BCUT2D eigenvalue weighted by molar-refractivity contribution is -0.150. The van der Waals surface area contributed by atoms with Gasteiger partial charge in [0.05, 0.1) is 6.54 Å². The van der Waals surface area contributed by atoms with Gasteiger partial charge < -0.3 is 10.0 Å². The Morgan fingerprint density at radius 2 is 2.12 bits per heavy atom. The highest BCUT2D eigenvalue weighted by atomic mass is 19.1. The minimum atomic E-state index is -2.23. The predicted molar refractivity (Wildman–Crippen MR) is 54.6 cm³/mol. The van der Waals surface area contributed by atoms with Gasteiger partial charge in [0.15, 0.2) is 0 Å². The maximum atomic E-state index is 13.7. The van der Waals surface area contributed by atoms with Crippen molar-refractivity contribution in [1.82, 2.24) is 4.90 Å². The molecular formula is C11H16FNO3. The number of rotatable bonds is 4. The van der Waals surface area contributed by atoms with Gasteiger partial charge in [0.1, 0.15) is 0 Å². The molecular weight excluding hydrogens is 213 g/mol. The monoisotopic (exact) mass is 229 g/mol. The van der Waals surface area contributed by atoms with Gasteiger partial charge in [0.25, 0.3) is 0 Å². The standard InChI is InChI=1S/C11H16FNO3/c12-11(10(15)16)5-6-13(7-11)9(14)4-3-8-1-2-8/h8H,1-7H2,(H,15,16). The van der Waals surface area contributed by atoms with E-state index in [0.29, 0.717) is 12.3 Å². The molecule has 0 bridgehead atoms. The van der Waals surface area contributed by atoms with Crippen molar-refractivity contribution in [2.75, 3.05) is 13.1 Å². The molecule has 16 heavy (non-hydrogen) atoms. The first kappa shape index (κ1) is 11.4. The number of hydrogen-bond donors (Lipinski definition) is 1. The smallest absolute Gasteiger partial charge is 0.343 e. The summed E-state index contributed by atoms with van der Waals surface area (Å²) in [5, 5.41) is 8.69. The Labute approximate surface area is 93.4 Å². The molecule has 1 unspecified atom stereocenters. The number of nitrogens with zero attached hydrogens (tertiary/aromatic N) is 1. The van der Waals surface area contributed by atoms with Gasteiger partial charge in [-0.15, -0.1) is 0 Å². The molecule has 90 valence electrons. The van der Waals surface area contributed by atoms with Crippen LogP contribution in [0.15, 0.2) is 0 Å². The summed E-state index contributed by atoms with van der Waals surface area (Å²) in [5.41, 5.74) is -2.23. The van der Waals surface area contributed by atoms with Gasteiger partial charge in [-0.3, -0.25) is 4.79 Å². The Hall–Kier alpha value is -1.13. The maximum absolute atomic E-state index is 13.7. The molecule has 1 heterocycles. The van der Waals surface area contributed by atoms with Gasteiger partial charge in [-0.1, -0.05) is 12.8 Å². The second-order valence-electron chi connectivity index (χ2n) is 4.82. The maximum Gasteiger partial charge on any atom is 0.343 e. The number of hydrogen-bond acceptors (Lipinski definition) is 2. The van der Waals surface area contributed by atoms with Crippen LogP contribution in [0.4, 0.5) is 4.39 Å². The lowest BCUT2D eigenvalue weighted by Gasteiger charge is -2.17. The SMILES string of the molecule is O=C(CCC1CC1)N1CCC(F)(C(=O)O)C1. The second-order valence-corrected chi connectivity index (χ2v) is 4.82. The van der Waals surface area contributed by atoms with E-state index in [0.717, 1.165) is 6.42 Å². The fraction of sp³-hybridized carbons (Fsp3) is 0.818. The van der Waals surface area contributed by atoms with Gasteiger partial charge in [-0.05, 0) is 12.3 Å². The van der Waals surface area contributed by atoms with E-state index in [-0.39, 0.29) is 25.4 Å². The number of carboxylic acids is 1. The van der Waals surface area contributed by atoms with Gasteiger partial charge in [-0.2, -0.15) is 0 Å². The van der Waals surface area contributed by atoms with Crippen LogP contribution in [0.2, 0.25) is 0 Å². The molecule has 1 aliphatic carbocycles. The van der Waals surface area contributed by atoms with E-state index in [1.165, 1.54) is 17.7 Å². The highest BCUT2D eigenvalue weighted by Crippen LogP contribution is 2.34. The average molecular weight is 229 g/mol. The summed E-state index contributed by atoms with van der Waals surface area (Å²) in [6.45, 7) is -0.0574. The summed E-state index contributed by atoms with van der Waals surface area (Å²) < 4.78 is 13.7. The Kier molecular flexibility index (Phi) is 2.86. The van der Waals surface area contributed by atoms with Crippen molar-refractivity contribution in [3.05, 3.63) is 0 Å². The number of carbonyl (C=O) groups is 2. The third kappa shape index (κ3) is 2.33. The zero-order valence-corrected chi connectivity index (χ0v) is 9.12. The molecule has 1 saturated carbocycles. The zero-order chi connectivity index (χ0) is 11.8. The van der Waals surface area contributed by atoms with Crippen LogP contribution in [-0.4, -0.2) is 40.6 Å². The third-order valence-corrected chi connectivity index (χ3v) is 3.42. The van der Waals surface area contributed by atoms with Crippen molar-refractivity contribution in [1.29, 1.82) is 0 Å². The number of carbonyl (C=O) groups excluding carboxylic acids is 1. The van der Waals surface area contributed by atoms with Gasteiger partial charge in [0, 0.05) is 19.4 Å². The molecule has 1 amide bonds. The highest BCUT2D eigenvalue weighted by molar-refractivity contribution is 5.82. The van der Waals surface area contributed by atoms with Crippen molar-refractivity contribution in [2.45, 2.75) is 37.8 Å². The molecule has 1 atom stereocenters. The Morgan fingerprint density at radius 1 is 1.44 bits per heavy atom. The number of likely N-dealkylation sites (tertiary alicyclic amines) is 1. The van der Waals surface area contributed by atoms with E-state index in [1.807, 2.05) is 0 Å². The van der Waals surface area contributed by atoms with Crippen LogP contribution in [0.3, 0.4) is 0 Å². The van der Waals surface area contributed by atoms with E-state index >= 15 is 0 Å². The lowest BCUT2D eigenvalue weighted by atomic mass is 10.1. The molecule has 0 radical (unpaired) electrons. The van der Waals surface area contributed by atoms with E-state index in [4.69, 9.17) is 5.11 Å². The summed E-state index contributed by atoms with van der Waals surface area (Å²) in [4.78, 5) is 23.7. The van der Waals surface area contributed by atoms with Crippen LogP contribution in [0, 0.1) is 5.92 Å². The van der Waals surface area contributed by atoms with E-state index in [2.05, 4.69) is 0 Å². The zero-order valence-electron chi connectivity index (χ0n) is 9.12. The molecule has 2 aliphatic rings. The number of alkyl halides is 1. The van der Waals surface area contributed by atoms with Crippen molar-refractivity contribution < 1.29 is 19.1 Å². The largest absolute Gasteiger partial charge is 0.479 e. The lowest BCUT2D eigenvalue weighted by Crippen LogP contribution is -2.38. The number of carboxylic acid groups (broad SMARTS) is 1. The molecule has 1 N–H and O–H groups in total. The second kappa shape index (κ2) is 4.03. The number of amides is 1. The average Bonchev–Trinajstić information content (AvgIpc) is 2.97. The molecule has 2 fully saturated rings. The first-order valence-electron chi connectivity index (χ1n) is 5.71. The van der Waals surface area contributed by atoms with Crippen LogP contribution >= 0.6 is 0 Å². The minimum Gasteiger partial charge on any atom is -0.479 e. The fourth-order valence-corrected chi connectivity index (χ4v) is 2.05. The molecule has 5 heteroatoms. The normalized spacial score (nSPS) is 29.4. The summed E-state index contributed by atoms with van der Waals surface area (Å²) >= 11 is 0. The summed E-state index contributed by atoms with van der Waals surface area (Å²) in [7, 11) is 0. The van der Waals surface area contributed by atoms with Crippen LogP contribution in [0.25, 0.3) is 0 Å². The van der Waals surface area contributed by atoms with Crippen molar-refractivity contribution in [2.24, 2.45) is 5.92 Å². The molecule has 1 aliphatic heterocycles. The van der Waals surface area contributed by atoms with Gasteiger partial charge in [-0.25, -0.2) is 9.18 Å². The predicted octanol–water partition coefficient (Wildman–Crippen LogP) is 1.20. The van der Waals surface area contributed by atoms with E-state index in [1.54, 1.807) is 0 Å². The first-order chi connectivity index (χ1) is 7.51. The van der Waals surface area contributed by atoms with Crippen LogP contribution < -0.4 is 0 Å². The molecule has 0 spiro atoms. The van der Waals surface area contributed by atoms with Gasteiger partial charge in [0.2, 0.25) is 11.6 Å². The molecule has 1 saturated heterocycles. The van der Waals surface area contributed by atoms with Crippen LogP contribution in [0.1, 0.15) is 32.1 Å². The van der Waals surface area contributed by atoms with E-state index < -0.39 is 11.6 Å². The van der Waals surface area contributed by atoms with Crippen molar-refractivity contribution in [3.8, 4) is 0 Å². The minimum absolute atomic E-state index is 0.0858. The molecule has 0 aromatic carbocycles. The molecule has 0 aromatic rings. The van der Waals surface area contributed by atoms with Crippen LogP contribution in [0.5, 0.6) is 0 Å². The number of halogens is 1. The Balaban J connectivity index is 1.82. The summed E-state index contributed by atoms with van der Waals surface area (Å²) in [6, 6.07) is 0. The molecule has 4 nitrogen and oxygen atoms in total. The Morgan fingerprint density at radius 3 is 2.62 bits per heavy atom. The highest BCUT2D eigenvalue weighted by Gasteiger charge is 2.46. The van der Waals surface area contributed by atoms with Crippen molar-refractivity contribution >= 4 is 11.9 Å². The molecule has 2 rings (SSSR count). The van der Waals surface area contributed by atoms with Crippen molar-refractivity contribution in [3.63, 3.8) is 0 Å². The summed E-state index contributed by atoms with van der Waals surface area (Å²) in [5.74, 6) is -0.890. The Bertz CT molecular complexity index is 316. The summed E-state index contributed by atoms with van der Waals surface area (Å²) in [6.07, 6.45) is 3.59. The van der Waals surface area contributed by atoms with Gasteiger partial charge >= 0.3 is 5.97 Å². The topological polar surface area (TPSA) is 57.6 Å². The quantitative estimate of drug-likeness (QED) is 0.788. The number of aliphatic carboxylic acids is 1.